The third-order valence-electron chi connectivity index (χ3n) is 2.45. The van der Waals surface area contributed by atoms with Crippen LogP contribution in [0.3, 0.4) is 0 Å². The van der Waals surface area contributed by atoms with Crippen molar-refractivity contribution in [2.24, 2.45) is 5.92 Å². The molecule has 1 fully saturated rings. The molecular weight excluding hydrogens is 168 g/mol. The molecule has 0 aromatic heterocycles. The van der Waals surface area contributed by atoms with Gasteiger partial charge in [-0.25, -0.2) is 0 Å². The lowest BCUT2D eigenvalue weighted by molar-refractivity contribution is -0.130. The molecule has 2 atom stereocenters. The Morgan fingerprint density at radius 1 is 1.77 bits per heavy atom. The summed E-state index contributed by atoms with van der Waals surface area (Å²) in [5, 5.41) is 6.13. The number of carbonyl (C=O) groups is 1. The molecule has 0 bridgehead atoms. The van der Waals surface area contributed by atoms with E-state index in [1.807, 2.05) is 0 Å². The standard InChI is InChI=1S/C9H18N2O2/c1-7(13-2)9(12)11-6-8-3-4-10-5-8/h7-8,10H,3-6H2,1-2H3,(H,11,12). The van der Waals surface area contributed by atoms with Crippen LogP contribution >= 0.6 is 0 Å². The number of methoxy groups -OCH3 is 1. The van der Waals surface area contributed by atoms with E-state index in [9.17, 15) is 4.79 Å². The molecule has 13 heavy (non-hydrogen) atoms. The highest BCUT2D eigenvalue weighted by Gasteiger charge is 2.17. The lowest BCUT2D eigenvalue weighted by atomic mass is 10.1. The van der Waals surface area contributed by atoms with Crippen molar-refractivity contribution in [1.29, 1.82) is 0 Å². The Kier molecular flexibility index (Phi) is 4.18. The third kappa shape index (κ3) is 3.32. The fourth-order valence-electron chi connectivity index (χ4n) is 1.38. The van der Waals surface area contributed by atoms with Crippen LogP contribution in [0, 0.1) is 5.92 Å². The minimum absolute atomic E-state index is 0.0191. The zero-order chi connectivity index (χ0) is 9.68. The third-order valence-corrected chi connectivity index (χ3v) is 2.45. The molecule has 0 radical (unpaired) electrons. The van der Waals surface area contributed by atoms with Gasteiger partial charge in [0.25, 0.3) is 0 Å². The van der Waals surface area contributed by atoms with Crippen LogP contribution in [0.25, 0.3) is 0 Å². The lowest BCUT2D eigenvalue weighted by Gasteiger charge is -2.13. The summed E-state index contributed by atoms with van der Waals surface area (Å²) in [6.45, 7) is 4.60. The Labute approximate surface area is 79.0 Å². The summed E-state index contributed by atoms with van der Waals surface area (Å²) >= 11 is 0. The maximum Gasteiger partial charge on any atom is 0.248 e. The molecule has 0 spiro atoms. The largest absolute Gasteiger partial charge is 0.372 e. The molecule has 1 aliphatic heterocycles. The van der Waals surface area contributed by atoms with Gasteiger partial charge in [-0.05, 0) is 32.4 Å². The molecule has 1 amide bonds. The molecule has 0 saturated carbocycles. The van der Waals surface area contributed by atoms with Crippen molar-refractivity contribution in [2.45, 2.75) is 19.4 Å². The summed E-state index contributed by atoms with van der Waals surface area (Å²) < 4.78 is 4.90. The van der Waals surface area contributed by atoms with Crippen LogP contribution in [0.5, 0.6) is 0 Å². The van der Waals surface area contributed by atoms with Crippen LogP contribution in [-0.2, 0) is 9.53 Å². The molecule has 2 N–H and O–H groups in total. The summed E-state index contributed by atoms with van der Waals surface area (Å²) in [4.78, 5) is 11.3. The highest BCUT2D eigenvalue weighted by Crippen LogP contribution is 2.05. The van der Waals surface area contributed by atoms with Gasteiger partial charge in [0.15, 0.2) is 0 Å². The number of amides is 1. The highest BCUT2D eigenvalue weighted by atomic mass is 16.5. The Morgan fingerprint density at radius 3 is 3.08 bits per heavy atom. The molecule has 1 aliphatic rings. The van der Waals surface area contributed by atoms with Gasteiger partial charge >= 0.3 is 0 Å². The molecule has 4 nitrogen and oxygen atoms in total. The molecular formula is C9H18N2O2. The summed E-state index contributed by atoms with van der Waals surface area (Å²) in [5.41, 5.74) is 0. The maximum atomic E-state index is 11.3. The van der Waals surface area contributed by atoms with Gasteiger partial charge in [-0.2, -0.15) is 0 Å². The van der Waals surface area contributed by atoms with Gasteiger partial charge in [-0.1, -0.05) is 0 Å². The van der Waals surface area contributed by atoms with Crippen molar-refractivity contribution in [3.8, 4) is 0 Å². The second-order valence-electron chi connectivity index (χ2n) is 3.48. The van der Waals surface area contributed by atoms with Gasteiger partial charge in [0.05, 0.1) is 0 Å². The zero-order valence-corrected chi connectivity index (χ0v) is 8.30. The van der Waals surface area contributed by atoms with Gasteiger partial charge in [0, 0.05) is 13.7 Å². The summed E-state index contributed by atoms with van der Waals surface area (Å²) in [7, 11) is 1.54. The number of rotatable bonds is 4. The van der Waals surface area contributed by atoms with Crippen LogP contribution < -0.4 is 10.6 Å². The lowest BCUT2D eigenvalue weighted by Crippen LogP contribution is -2.37. The number of ether oxygens (including phenoxy) is 1. The normalized spacial score (nSPS) is 24.3. The van der Waals surface area contributed by atoms with Crippen molar-refractivity contribution >= 4 is 5.91 Å². The van der Waals surface area contributed by atoms with E-state index in [0.717, 1.165) is 26.1 Å². The van der Waals surface area contributed by atoms with Gasteiger partial charge < -0.3 is 15.4 Å². The number of carbonyl (C=O) groups excluding carboxylic acids is 1. The summed E-state index contributed by atoms with van der Waals surface area (Å²) in [6.07, 6.45) is 0.816. The van der Waals surface area contributed by atoms with E-state index in [1.165, 1.54) is 0 Å². The Balaban J connectivity index is 2.13. The van der Waals surface area contributed by atoms with Gasteiger partial charge in [-0.3, -0.25) is 4.79 Å². The average molecular weight is 186 g/mol. The van der Waals surface area contributed by atoms with Crippen LogP contribution in [0.2, 0.25) is 0 Å². The second-order valence-corrected chi connectivity index (χ2v) is 3.48. The van der Waals surface area contributed by atoms with E-state index in [-0.39, 0.29) is 12.0 Å². The van der Waals surface area contributed by atoms with Crippen molar-refractivity contribution in [1.82, 2.24) is 10.6 Å². The van der Waals surface area contributed by atoms with E-state index in [0.29, 0.717) is 5.92 Å². The van der Waals surface area contributed by atoms with Crippen molar-refractivity contribution < 1.29 is 9.53 Å². The van der Waals surface area contributed by atoms with Crippen LogP contribution in [0.1, 0.15) is 13.3 Å². The Morgan fingerprint density at radius 2 is 2.54 bits per heavy atom. The molecule has 4 heteroatoms. The van der Waals surface area contributed by atoms with Crippen molar-refractivity contribution in [2.75, 3.05) is 26.7 Å². The minimum Gasteiger partial charge on any atom is -0.372 e. The van der Waals surface area contributed by atoms with E-state index >= 15 is 0 Å². The van der Waals surface area contributed by atoms with E-state index in [2.05, 4.69) is 10.6 Å². The molecule has 76 valence electrons. The molecule has 1 saturated heterocycles. The quantitative estimate of drug-likeness (QED) is 0.636. The number of hydrogen-bond donors (Lipinski definition) is 2. The molecule has 1 heterocycles. The Hall–Kier alpha value is -0.610. The fourth-order valence-corrected chi connectivity index (χ4v) is 1.38. The molecule has 0 aliphatic carbocycles. The predicted molar refractivity (Wildman–Crippen MR) is 50.5 cm³/mol. The molecule has 2 unspecified atom stereocenters. The van der Waals surface area contributed by atoms with Crippen LogP contribution in [0.15, 0.2) is 0 Å². The summed E-state index contributed by atoms with van der Waals surface area (Å²) in [5.74, 6) is 0.572. The Bertz CT molecular complexity index is 167. The number of nitrogens with one attached hydrogen (secondary N) is 2. The first-order chi connectivity index (χ1) is 6.24. The van der Waals surface area contributed by atoms with Gasteiger partial charge in [0.2, 0.25) is 5.91 Å². The predicted octanol–water partition coefficient (Wildman–Crippen LogP) is -0.253. The molecule has 0 aromatic carbocycles. The first kappa shape index (κ1) is 10.5. The molecule has 0 aromatic rings. The van der Waals surface area contributed by atoms with E-state index in [1.54, 1.807) is 14.0 Å². The zero-order valence-electron chi connectivity index (χ0n) is 8.30. The fraction of sp³-hybridized carbons (Fsp3) is 0.889. The topological polar surface area (TPSA) is 50.4 Å². The second kappa shape index (κ2) is 5.19. The van der Waals surface area contributed by atoms with Crippen LogP contribution in [-0.4, -0.2) is 38.8 Å². The summed E-state index contributed by atoms with van der Waals surface area (Å²) in [6, 6.07) is 0. The maximum absolute atomic E-state index is 11.3. The monoisotopic (exact) mass is 186 g/mol. The first-order valence-electron chi connectivity index (χ1n) is 4.75. The molecule has 1 rings (SSSR count). The SMILES string of the molecule is COC(C)C(=O)NCC1CCNC1. The van der Waals surface area contributed by atoms with Gasteiger partial charge in [0.1, 0.15) is 6.10 Å². The van der Waals surface area contributed by atoms with Crippen molar-refractivity contribution in [3.05, 3.63) is 0 Å². The van der Waals surface area contributed by atoms with E-state index in [4.69, 9.17) is 4.74 Å². The van der Waals surface area contributed by atoms with Crippen molar-refractivity contribution in [3.63, 3.8) is 0 Å². The first-order valence-corrected chi connectivity index (χ1v) is 4.75. The smallest absolute Gasteiger partial charge is 0.248 e. The average Bonchev–Trinajstić information content (AvgIpc) is 2.65. The van der Waals surface area contributed by atoms with Crippen LogP contribution in [0.4, 0.5) is 0 Å². The minimum atomic E-state index is -0.339. The van der Waals surface area contributed by atoms with E-state index < -0.39 is 0 Å². The highest BCUT2D eigenvalue weighted by molar-refractivity contribution is 5.80. The number of hydrogen-bond acceptors (Lipinski definition) is 3. The van der Waals surface area contributed by atoms with Gasteiger partial charge in [-0.15, -0.1) is 0 Å².